The second kappa shape index (κ2) is 7.94. The molecule has 2 aliphatic rings. The molecule has 0 saturated carbocycles. The molecule has 0 aliphatic heterocycles. The molecule has 110 valence electrons. The Balaban J connectivity index is 0.00000180. The van der Waals surface area contributed by atoms with E-state index < -0.39 is 17.4 Å². The summed E-state index contributed by atoms with van der Waals surface area (Å²) in [5.41, 5.74) is 3.08. The Morgan fingerprint density at radius 2 is 1.20 bits per heavy atom. The van der Waals surface area contributed by atoms with Crippen LogP contribution in [0.4, 0.5) is 0 Å². The van der Waals surface area contributed by atoms with Crippen molar-refractivity contribution in [2.75, 3.05) is 0 Å². The first-order valence-corrected chi connectivity index (χ1v) is 9.24. The number of rotatable bonds is 2. The minimum atomic E-state index is -1.42. The summed E-state index contributed by atoms with van der Waals surface area (Å²) >= 11 is -1.42. The van der Waals surface area contributed by atoms with Crippen LogP contribution >= 0.6 is 0 Å². The quantitative estimate of drug-likeness (QED) is 0.550. The Bertz CT molecular complexity index is 487. The van der Waals surface area contributed by atoms with E-state index in [1.54, 1.807) is 11.6 Å². The third kappa shape index (κ3) is 3.66. The molecular formula is C17H24Cl2Ti. The van der Waals surface area contributed by atoms with E-state index in [1.165, 1.54) is 11.1 Å². The molecule has 0 spiro atoms. The largest absolute Gasteiger partial charge is 1.00 e. The van der Waals surface area contributed by atoms with Crippen LogP contribution in [-0.2, 0) is 17.4 Å². The van der Waals surface area contributed by atoms with Crippen LogP contribution in [0.3, 0.4) is 0 Å². The number of hydrogen-bond acceptors (Lipinski definition) is 0. The van der Waals surface area contributed by atoms with Gasteiger partial charge in [-0.1, -0.05) is 0 Å². The van der Waals surface area contributed by atoms with Gasteiger partial charge >= 0.3 is 118 Å². The maximum atomic E-state index is 2.38. The first-order chi connectivity index (χ1) is 8.43. The van der Waals surface area contributed by atoms with E-state index >= 15 is 0 Å². The molecule has 0 aromatic heterocycles. The topological polar surface area (TPSA) is 0 Å². The van der Waals surface area contributed by atoms with Gasteiger partial charge in [-0.2, -0.15) is 0 Å². The van der Waals surface area contributed by atoms with Crippen molar-refractivity contribution >= 4 is 3.81 Å². The van der Waals surface area contributed by atoms with Gasteiger partial charge in [-0.05, 0) is 0 Å². The summed E-state index contributed by atoms with van der Waals surface area (Å²) in [6.07, 6.45) is 9.42. The van der Waals surface area contributed by atoms with Crippen molar-refractivity contribution in [2.24, 2.45) is 11.8 Å². The van der Waals surface area contributed by atoms with E-state index in [4.69, 9.17) is 0 Å². The van der Waals surface area contributed by atoms with E-state index in [0.717, 1.165) is 0 Å². The fourth-order valence-electron chi connectivity index (χ4n) is 3.20. The van der Waals surface area contributed by atoms with E-state index in [2.05, 4.69) is 65.8 Å². The Labute approximate surface area is 142 Å². The fraction of sp³-hybridized carbons (Fsp3) is 0.471. The molecule has 0 radical (unpaired) electrons. The summed E-state index contributed by atoms with van der Waals surface area (Å²) < 4.78 is 5.24. The molecule has 2 atom stereocenters. The Morgan fingerprint density at radius 1 is 0.850 bits per heavy atom. The molecule has 2 rings (SSSR count). The zero-order valence-electron chi connectivity index (χ0n) is 13.2. The molecule has 0 aromatic carbocycles. The van der Waals surface area contributed by atoms with Gasteiger partial charge in [0.25, 0.3) is 0 Å². The second-order valence-corrected chi connectivity index (χ2v) is 10.3. The van der Waals surface area contributed by atoms with Gasteiger partial charge in [-0.3, -0.25) is 0 Å². The molecule has 2 aliphatic carbocycles. The molecule has 0 saturated heterocycles. The summed E-state index contributed by atoms with van der Waals surface area (Å²) in [4.78, 5) is 0. The Morgan fingerprint density at radius 3 is 1.40 bits per heavy atom. The molecule has 3 heteroatoms. The Kier molecular flexibility index (Phi) is 7.99. The molecule has 0 heterocycles. The SMILES string of the molecule is CC1=[C]([Ti+2]([C]2=C(C)C=CC2C)=[C](C)C)C(C)C=C1.[Cl-].[Cl-]. The van der Waals surface area contributed by atoms with Crippen LogP contribution in [-0.4, -0.2) is 3.81 Å². The van der Waals surface area contributed by atoms with Crippen LogP contribution in [0, 0.1) is 11.8 Å². The molecule has 0 bridgehead atoms. The average molecular weight is 347 g/mol. The van der Waals surface area contributed by atoms with Gasteiger partial charge in [-0.15, -0.1) is 0 Å². The maximum absolute atomic E-state index is 2.38. The van der Waals surface area contributed by atoms with E-state index in [-0.39, 0.29) is 24.8 Å². The van der Waals surface area contributed by atoms with Crippen LogP contribution in [0.25, 0.3) is 0 Å². The van der Waals surface area contributed by atoms with Crippen LogP contribution in [0.5, 0.6) is 0 Å². The van der Waals surface area contributed by atoms with Crippen LogP contribution in [0.15, 0.2) is 43.2 Å². The van der Waals surface area contributed by atoms with E-state index in [1.807, 2.05) is 0 Å². The van der Waals surface area contributed by atoms with Gasteiger partial charge in [0.2, 0.25) is 0 Å². The van der Waals surface area contributed by atoms with Crippen LogP contribution in [0.1, 0.15) is 41.5 Å². The van der Waals surface area contributed by atoms with Gasteiger partial charge in [-0.25, -0.2) is 0 Å². The predicted octanol–water partition coefficient (Wildman–Crippen LogP) is -1.22. The minimum Gasteiger partial charge on any atom is -1.00 e. The summed E-state index contributed by atoms with van der Waals surface area (Å²) in [6, 6.07) is 0. The third-order valence-electron chi connectivity index (χ3n) is 4.07. The normalized spacial score (nSPS) is 23.4. The van der Waals surface area contributed by atoms with Gasteiger partial charge in [0.05, 0.1) is 0 Å². The van der Waals surface area contributed by atoms with Gasteiger partial charge in [0, 0.05) is 0 Å². The fourth-order valence-corrected chi connectivity index (χ4v) is 8.55. The van der Waals surface area contributed by atoms with Crippen LogP contribution in [0.2, 0.25) is 0 Å². The first kappa shape index (κ1) is 20.1. The minimum absolute atomic E-state index is 0. The third-order valence-corrected chi connectivity index (χ3v) is 9.97. The zero-order valence-corrected chi connectivity index (χ0v) is 16.3. The molecule has 2 unspecified atom stereocenters. The van der Waals surface area contributed by atoms with Gasteiger partial charge in [0.1, 0.15) is 0 Å². The predicted molar refractivity (Wildman–Crippen MR) is 78.4 cm³/mol. The van der Waals surface area contributed by atoms with Crippen molar-refractivity contribution in [1.82, 2.24) is 0 Å². The smallest absolute Gasteiger partial charge is 1.00 e. The number of hydrogen-bond donors (Lipinski definition) is 0. The zero-order chi connectivity index (χ0) is 13.4. The molecule has 0 nitrogen and oxygen atoms in total. The van der Waals surface area contributed by atoms with E-state index in [0.29, 0.717) is 11.8 Å². The van der Waals surface area contributed by atoms with Crippen molar-refractivity contribution in [3.05, 3.63) is 43.2 Å². The number of allylic oxidation sites excluding steroid dienone is 8. The standard InChI is InChI=1S/2C7H9.C3H6.2ClH.Ti/c2*1-6-3-4-7(2)5-6;1-3-2;;;/h2*3-4,6H,1-2H3;1-2H3;2*1H;/q;;;;;+2/p-2. The average Bonchev–Trinajstić information content (AvgIpc) is 2.78. The second-order valence-electron chi connectivity index (χ2n) is 5.86. The Hall–Kier alpha value is 0.124. The van der Waals surface area contributed by atoms with Crippen molar-refractivity contribution in [3.63, 3.8) is 0 Å². The monoisotopic (exact) mass is 346 g/mol. The van der Waals surface area contributed by atoms with Gasteiger partial charge < -0.3 is 24.8 Å². The molecule has 0 N–H and O–H groups in total. The molecule has 0 amide bonds. The van der Waals surface area contributed by atoms with Gasteiger partial charge in [0.15, 0.2) is 0 Å². The summed E-state index contributed by atoms with van der Waals surface area (Å²) in [7, 11) is 0. The first-order valence-electron chi connectivity index (χ1n) is 6.89. The summed E-state index contributed by atoms with van der Waals surface area (Å²) in [5, 5.41) is 0. The molecular weight excluding hydrogens is 323 g/mol. The van der Waals surface area contributed by atoms with Crippen molar-refractivity contribution < 1.29 is 42.2 Å². The maximum Gasteiger partial charge on any atom is -1.00 e. The van der Waals surface area contributed by atoms with Crippen molar-refractivity contribution in [3.8, 4) is 0 Å². The molecule has 20 heavy (non-hydrogen) atoms. The summed E-state index contributed by atoms with van der Waals surface area (Å²) in [5.74, 6) is 1.31. The van der Waals surface area contributed by atoms with Crippen molar-refractivity contribution in [2.45, 2.75) is 41.5 Å². The molecule has 0 fully saturated rings. The van der Waals surface area contributed by atoms with Crippen LogP contribution < -0.4 is 24.8 Å². The summed E-state index contributed by atoms with van der Waals surface area (Å²) in [6.45, 7) is 14.0. The van der Waals surface area contributed by atoms with E-state index in [9.17, 15) is 0 Å². The molecule has 0 aromatic rings. The number of halogens is 2. The van der Waals surface area contributed by atoms with Crippen molar-refractivity contribution in [1.29, 1.82) is 0 Å².